The Bertz CT molecular complexity index is 602. The number of ether oxygens (including phenoxy) is 1. The van der Waals surface area contributed by atoms with E-state index in [4.69, 9.17) is 10.5 Å². The summed E-state index contributed by atoms with van der Waals surface area (Å²) >= 11 is 1.70. The van der Waals surface area contributed by atoms with Crippen LogP contribution in [0.3, 0.4) is 0 Å². The summed E-state index contributed by atoms with van der Waals surface area (Å²) in [5.74, 6) is 1.26. The van der Waals surface area contributed by atoms with Crippen LogP contribution < -0.4 is 15.8 Å². The lowest BCUT2D eigenvalue weighted by atomic mass is 10.3. The van der Waals surface area contributed by atoms with Crippen LogP contribution in [0.25, 0.3) is 0 Å². The molecule has 21 heavy (non-hydrogen) atoms. The van der Waals surface area contributed by atoms with Crippen molar-refractivity contribution >= 4 is 23.0 Å². The van der Waals surface area contributed by atoms with Crippen LogP contribution in [0.2, 0.25) is 0 Å². The van der Waals surface area contributed by atoms with E-state index in [1.165, 1.54) is 10.4 Å². The van der Waals surface area contributed by atoms with Crippen molar-refractivity contribution < 1.29 is 4.74 Å². The molecule has 0 saturated carbocycles. The highest BCUT2D eigenvalue weighted by molar-refractivity contribution is 7.10. The standard InChI is InChI=1S/C16H21N3OS/c1-11(2)20-14-6-4-13(5-7-14)19-16(17)18-9-15-8-12(3)10-21-15/h4-8,10-11H,9H2,1-3H3,(H3,17,18,19). The Morgan fingerprint density at radius 2 is 2.05 bits per heavy atom. The molecule has 0 radical (unpaired) electrons. The highest BCUT2D eigenvalue weighted by atomic mass is 32.1. The summed E-state index contributed by atoms with van der Waals surface area (Å²) in [7, 11) is 0. The summed E-state index contributed by atoms with van der Waals surface area (Å²) in [4.78, 5) is 5.54. The molecule has 0 amide bonds. The highest BCUT2D eigenvalue weighted by Gasteiger charge is 2.00. The molecule has 2 aromatic rings. The summed E-state index contributed by atoms with van der Waals surface area (Å²) in [6.07, 6.45) is 0.171. The van der Waals surface area contributed by atoms with Gasteiger partial charge in [-0.25, -0.2) is 4.99 Å². The summed E-state index contributed by atoms with van der Waals surface area (Å²) < 4.78 is 5.59. The molecule has 0 spiro atoms. The first-order valence-electron chi connectivity index (χ1n) is 6.90. The van der Waals surface area contributed by atoms with Crippen LogP contribution in [0, 0.1) is 6.92 Å². The van der Waals surface area contributed by atoms with Gasteiger partial charge in [-0.05, 0) is 62.0 Å². The normalized spacial score (nSPS) is 11.7. The maximum atomic E-state index is 5.89. The van der Waals surface area contributed by atoms with Crippen LogP contribution in [0.15, 0.2) is 40.7 Å². The number of benzene rings is 1. The Hall–Kier alpha value is -2.01. The average Bonchev–Trinajstić information content (AvgIpc) is 2.84. The fraction of sp³-hybridized carbons (Fsp3) is 0.312. The minimum absolute atomic E-state index is 0.171. The SMILES string of the molecule is Cc1csc(CN=C(N)Nc2ccc(OC(C)C)cc2)c1. The lowest BCUT2D eigenvalue weighted by molar-refractivity contribution is 0.242. The molecule has 0 fully saturated rings. The number of aliphatic imine (C=N–C) groups is 1. The number of anilines is 1. The zero-order chi connectivity index (χ0) is 15.2. The van der Waals surface area contributed by atoms with Crippen LogP contribution in [-0.2, 0) is 6.54 Å². The van der Waals surface area contributed by atoms with E-state index in [0.29, 0.717) is 12.5 Å². The lowest BCUT2D eigenvalue weighted by Crippen LogP contribution is -2.22. The summed E-state index contributed by atoms with van der Waals surface area (Å²) in [6.45, 7) is 6.68. The Kier molecular flexibility index (Phi) is 5.22. The molecular formula is C16H21N3OS. The van der Waals surface area contributed by atoms with Crippen LogP contribution in [0.4, 0.5) is 5.69 Å². The molecule has 4 nitrogen and oxygen atoms in total. The Balaban J connectivity index is 1.91. The van der Waals surface area contributed by atoms with Gasteiger partial charge in [-0.2, -0.15) is 0 Å². The van der Waals surface area contributed by atoms with Crippen molar-refractivity contribution in [2.75, 3.05) is 5.32 Å². The Labute approximate surface area is 129 Å². The first-order valence-corrected chi connectivity index (χ1v) is 7.78. The summed E-state index contributed by atoms with van der Waals surface area (Å²) in [6, 6.07) is 9.81. The zero-order valence-corrected chi connectivity index (χ0v) is 13.4. The van der Waals surface area contributed by atoms with Crippen LogP contribution in [0.1, 0.15) is 24.3 Å². The predicted octanol–water partition coefficient (Wildman–Crippen LogP) is 3.77. The van der Waals surface area contributed by atoms with Gasteiger partial charge in [0.2, 0.25) is 0 Å². The largest absolute Gasteiger partial charge is 0.491 e. The van der Waals surface area contributed by atoms with E-state index < -0.39 is 0 Å². The molecule has 112 valence electrons. The molecule has 0 saturated heterocycles. The van der Waals surface area contributed by atoms with Crippen LogP contribution in [0.5, 0.6) is 5.75 Å². The molecule has 3 N–H and O–H groups in total. The number of aryl methyl sites for hydroxylation is 1. The molecule has 0 unspecified atom stereocenters. The minimum atomic E-state index is 0.171. The Morgan fingerprint density at radius 1 is 1.33 bits per heavy atom. The van der Waals surface area contributed by atoms with Gasteiger partial charge >= 0.3 is 0 Å². The fourth-order valence-corrected chi connectivity index (χ4v) is 2.61. The van der Waals surface area contributed by atoms with Crippen molar-refractivity contribution in [2.45, 2.75) is 33.4 Å². The number of nitrogens with zero attached hydrogens (tertiary/aromatic N) is 1. The van der Waals surface area contributed by atoms with E-state index in [1.54, 1.807) is 11.3 Å². The second-order valence-corrected chi connectivity index (χ2v) is 6.10. The first-order chi connectivity index (χ1) is 10.0. The molecular weight excluding hydrogens is 282 g/mol. The van der Waals surface area contributed by atoms with Gasteiger partial charge in [0.15, 0.2) is 5.96 Å². The number of hydrogen-bond donors (Lipinski definition) is 2. The molecule has 0 atom stereocenters. The molecule has 0 aliphatic carbocycles. The van der Waals surface area contributed by atoms with Gasteiger partial charge in [-0.3, -0.25) is 0 Å². The van der Waals surface area contributed by atoms with Crippen molar-refractivity contribution in [3.8, 4) is 5.75 Å². The van der Waals surface area contributed by atoms with Gasteiger partial charge in [-0.1, -0.05) is 0 Å². The first kappa shape index (κ1) is 15.4. The second kappa shape index (κ2) is 7.13. The van der Waals surface area contributed by atoms with Crippen molar-refractivity contribution in [3.05, 3.63) is 46.2 Å². The van der Waals surface area contributed by atoms with Crippen molar-refractivity contribution in [1.82, 2.24) is 0 Å². The predicted molar refractivity (Wildman–Crippen MR) is 90.2 cm³/mol. The molecule has 0 aliphatic heterocycles. The smallest absolute Gasteiger partial charge is 0.193 e. The fourth-order valence-electron chi connectivity index (χ4n) is 1.81. The molecule has 5 heteroatoms. The number of nitrogens with two attached hydrogens (primary N) is 1. The maximum absolute atomic E-state index is 5.89. The quantitative estimate of drug-likeness (QED) is 0.653. The number of nitrogens with one attached hydrogen (secondary N) is 1. The number of guanidine groups is 1. The van der Waals surface area contributed by atoms with E-state index in [2.05, 4.69) is 28.7 Å². The van der Waals surface area contributed by atoms with Crippen molar-refractivity contribution in [1.29, 1.82) is 0 Å². The summed E-state index contributed by atoms with van der Waals surface area (Å²) in [5, 5.41) is 5.19. The van der Waals surface area contributed by atoms with Crippen molar-refractivity contribution in [3.63, 3.8) is 0 Å². The number of rotatable bonds is 5. The van der Waals surface area contributed by atoms with E-state index >= 15 is 0 Å². The molecule has 1 heterocycles. The molecule has 0 aliphatic rings. The Morgan fingerprint density at radius 3 is 2.62 bits per heavy atom. The third-order valence-electron chi connectivity index (χ3n) is 2.69. The molecule has 1 aromatic carbocycles. The van der Waals surface area contributed by atoms with E-state index in [1.807, 2.05) is 38.1 Å². The molecule has 1 aromatic heterocycles. The number of thiophene rings is 1. The average molecular weight is 303 g/mol. The van der Waals surface area contributed by atoms with Gasteiger partial charge < -0.3 is 15.8 Å². The molecule has 2 rings (SSSR count). The zero-order valence-electron chi connectivity index (χ0n) is 12.6. The topological polar surface area (TPSA) is 59.6 Å². The highest BCUT2D eigenvalue weighted by Crippen LogP contribution is 2.17. The van der Waals surface area contributed by atoms with Gasteiger partial charge in [0, 0.05) is 10.6 Å². The lowest BCUT2D eigenvalue weighted by Gasteiger charge is -2.10. The summed E-state index contributed by atoms with van der Waals surface area (Å²) in [5.41, 5.74) is 8.05. The van der Waals surface area contributed by atoms with Gasteiger partial charge in [0.05, 0.1) is 12.6 Å². The van der Waals surface area contributed by atoms with Crippen LogP contribution in [-0.4, -0.2) is 12.1 Å². The maximum Gasteiger partial charge on any atom is 0.193 e. The van der Waals surface area contributed by atoms with E-state index in [9.17, 15) is 0 Å². The third kappa shape index (κ3) is 5.11. The van der Waals surface area contributed by atoms with Crippen molar-refractivity contribution in [2.24, 2.45) is 10.7 Å². The van der Waals surface area contributed by atoms with E-state index in [-0.39, 0.29) is 6.10 Å². The molecule has 0 bridgehead atoms. The second-order valence-electron chi connectivity index (χ2n) is 5.11. The van der Waals surface area contributed by atoms with Crippen LogP contribution >= 0.6 is 11.3 Å². The third-order valence-corrected chi connectivity index (χ3v) is 3.73. The number of hydrogen-bond acceptors (Lipinski definition) is 3. The monoisotopic (exact) mass is 303 g/mol. The van der Waals surface area contributed by atoms with Gasteiger partial charge in [0.25, 0.3) is 0 Å². The van der Waals surface area contributed by atoms with Gasteiger partial charge in [0.1, 0.15) is 5.75 Å². The van der Waals surface area contributed by atoms with E-state index in [0.717, 1.165) is 11.4 Å². The van der Waals surface area contributed by atoms with Gasteiger partial charge in [-0.15, -0.1) is 11.3 Å². The minimum Gasteiger partial charge on any atom is -0.491 e.